The number of hydrogen-bond donors (Lipinski definition) is 1. The number of methoxy groups -OCH3 is 1. The number of ether oxygens (including phenoxy) is 1. The van der Waals surface area contributed by atoms with Crippen molar-refractivity contribution in [1.82, 2.24) is 4.98 Å². The standard InChI is InChI=1S/C20H21N3O4S2/c1-13-9-10-15(11-16(13)19(24)22-20-21-12-14(2)28-20)29(25,26)23(3)17-7-5-6-8-18(17)27-4/h5-12H,1-4H3,(H,21,22,24). The van der Waals surface area contributed by atoms with Crippen LogP contribution in [0.25, 0.3) is 0 Å². The first-order valence-corrected chi connectivity index (χ1v) is 11.0. The summed E-state index contributed by atoms with van der Waals surface area (Å²) in [5.74, 6) is 0.0247. The zero-order valence-electron chi connectivity index (χ0n) is 16.5. The van der Waals surface area contributed by atoms with Crippen molar-refractivity contribution in [2.45, 2.75) is 18.7 Å². The molecule has 1 heterocycles. The number of nitrogens with one attached hydrogen (secondary N) is 1. The van der Waals surface area contributed by atoms with Gasteiger partial charge in [-0.05, 0) is 43.7 Å². The van der Waals surface area contributed by atoms with Crippen molar-refractivity contribution in [2.24, 2.45) is 0 Å². The van der Waals surface area contributed by atoms with Gasteiger partial charge in [-0.2, -0.15) is 0 Å². The minimum Gasteiger partial charge on any atom is -0.495 e. The smallest absolute Gasteiger partial charge is 0.264 e. The summed E-state index contributed by atoms with van der Waals surface area (Å²) in [6.07, 6.45) is 1.66. The van der Waals surface area contributed by atoms with Crippen molar-refractivity contribution in [3.8, 4) is 5.75 Å². The summed E-state index contributed by atoms with van der Waals surface area (Å²) in [5.41, 5.74) is 1.34. The Morgan fingerprint density at radius 2 is 1.90 bits per heavy atom. The molecular weight excluding hydrogens is 410 g/mol. The number of rotatable bonds is 6. The van der Waals surface area contributed by atoms with Gasteiger partial charge in [-0.25, -0.2) is 13.4 Å². The highest BCUT2D eigenvalue weighted by Gasteiger charge is 2.25. The van der Waals surface area contributed by atoms with Crippen LogP contribution in [0.4, 0.5) is 10.8 Å². The van der Waals surface area contributed by atoms with Crippen LogP contribution in [0, 0.1) is 13.8 Å². The maximum atomic E-state index is 13.2. The summed E-state index contributed by atoms with van der Waals surface area (Å²) in [6, 6.07) is 11.3. The van der Waals surface area contributed by atoms with Crippen molar-refractivity contribution in [3.63, 3.8) is 0 Å². The Hall–Kier alpha value is -2.91. The number of thiazole rings is 1. The number of carbonyl (C=O) groups excluding carboxylic acids is 1. The summed E-state index contributed by atoms with van der Waals surface area (Å²) in [7, 11) is -0.976. The van der Waals surface area contributed by atoms with Gasteiger partial charge in [-0.1, -0.05) is 18.2 Å². The van der Waals surface area contributed by atoms with E-state index in [0.29, 0.717) is 22.1 Å². The number of amides is 1. The van der Waals surface area contributed by atoms with Crippen molar-refractivity contribution in [2.75, 3.05) is 23.8 Å². The molecule has 3 rings (SSSR count). The van der Waals surface area contributed by atoms with Crippen LogP contribution in [-0.2, 0) is 10.0 Å². The van der Waals surface area contributed by atoms with Crippen LogP contribution < -0.4 is 14.4 Å². The van der Waals surface area contributed by atoms with Gasteiger partial charge in [0.2, 0.25) is 0 Å². The predicted molar refractivity (Wildman–Crippen MR) is 115 cm³/mol. The first-order valence-electron chi connectivity index (χ1n) is 8.70. The summed E-state index contributed by atoms with van der Waals surface area (Å²) >= 11 is 1.35. The van der Waals surface area contributed by atoms with Gasteiger partial charge in [0, 0.05) is 23.7 Å². The maximum Gasteiger partial charge on any atom is 0.264 e. The van der Waals surface area contributed by atoms with Crippen LogP contribution >= 0.6 is 11.3 Å². The molecule has 0 unspecified atom stereocenters. The molecule has 1 amide bonds. The highest BCUT2D eigenvalue weighted by atomic mass is 32.2. The Morgan fingerprint density at radius 1 is 1.17 bits per heavy atom. The van der Waals surface area contributed by atoms with Gasteiger partial charge in [0.25, 0.3) is 15.9 Å². The van der Waals surface area contributed by atoms with Gasteiger partial charge in [-0.3, -0.25) is 14.4 Å². The Kier molecular flexibility index (Phi) is 5.90. The second-order valence-electron chi connectivity index (χ2n) is 6.35. The fourth-order valence-corrected chi connectivity index (χ4v) is 4.65. The van der Waals surface area contributed by atoms with Crippen LogP contribution in [0.1, 0.15) is 20.8 Å². The SMILES string of the molecule is COc1ccccc1N(C)S(=O)(=O)c1ccc(C)c(C(=O)Nc2ncc(C)s2)c1. The predicted octanol–water partition coefficient (Wildman–Crippen LogP) is 3.85. The van der Waals surface area contributed by atoms with E-state index in [9.17, 15) is 13.2 Å². The fourth-order valence-electron chi connectivity index (χ4n) is 2.76. The minimum absolute atomic E-state index is 0.0111. The first kappa shape index (κ1) is 20.8. The third kappa shape index (κ3) is 4.25. The Morgan fingerprint density at radius 3 is 2.55 bits per heavy atom. The van der Waals surface area contributed by atoms with Gasteiger partial charge in [0.15, 0.2) is 5.13 Å². The number of sulfonamides is 1. The van der Waals surface area contributed by atoms with E-state index in [-0.39, 0.29) is 10.5 Å². The Labute approximate surface area is 174 Å². The summed E-state index contributed by atoms with van der Waals surface area (Å²) in [6.45, 7) is 3.64. The van der Waals surface area contributed by atoms with E-state index in [1.165, 1.54) is 37.6 Å². The molecule has 0 spiro atoms. The minimum atomic E-state index is -3.91. The lowest BCUT2D eigenvalue weighted by atomic mass is 10.1. The van der Waals surface area contributed by atoms with Crippen LogP contribution in [0.5, 0.6) is 5.75 Å². The third-order valence-corrected chi connectivity index (χ3v) is 6.97. The van der Waals surface area contributed by atoms with Crippen molar-refractivity contribution in [3.05, 3.63) is 64.7 Å². The molecule has 0 aliphatic carbocycles. The average Bonchev–Trinajstić information content (AvgIpc) is 3.11. The number of carbonyl (C=O) groups is 1. The lowest BCUT2D eigenvalue weighted by molar-refractivity contribution is 0.102. The lowest BCUT2D eigenvalue weighted by Gasteiger charge is -2.22. The van der Waals surface area contributed by atoms with Crippen LogP contribution in [0.2, 0.25) is 0 Å². The average molecular weight is 432 g/mol. The van der Waals surface area contributed by atoms with E-state index >= 15 is 0 Å². The van der Waals surface area contributed by atoms with Crippen molar-refractivity contribution < 1.29 is 17.9 Å². The molecule has 0 radical (unpaired) electrons. The van der Waals surface area contributed by atoms with Gasteiger partial charge in [0.05, 0.1) is 17.7 Å². The third-order valence-electron chi connectivity index (χ3n) is 4.38. The monoisotopic (exact) mass is 431 g/mol. The normalized spacial score (nSPS) is 11.2. The molecule has 1 aromatic heterocycles. The van der Waals surface area contributed by atoms with Gasteiger partial charge >= 0.3 is 0 Å². The highest BCUT2D eigenvalue weighted by Crippen LogP contribution is 2.31. The number of nitrogens with zero attached hydrogens (tertiary/aromatic N) is 2. The van der Waals surface area contributed by atoms with Crippen molar-refractivity contribution >= 4 is 38.1 Å². The van der Waals surface area contributed by atoms with Gasteiger partial charge in [0.1, 0.15) is 5.75 Å². The quantitative estimate of drug-likeness (QED) is 0.640. The second-order valence-corrected chi connectivity index (χ2v) is 9.56. The first-order chi connectivity index (χ1) is 13.7. The van der Waals surface area contributed by atoms with Crippen LogP contribution in [0.15, 0.2) is 53.6 Å². The molecule has 0 fully saturated rings. The molecular formula is C20H21N3O4S2. The molecule has 2 aromatic carbocycles. The number of aromatic nitrogens is 1. The number of para-hydroxylation sites is 2. The van der Waals surface area contributed by atoms with E-state index in [4.69, 9.17) is 4.74 Å². The zero-order chi connectivity index (χ0) is 21.2. The molecule has 3 aromatic rings. The molecule has 0 saturated heterocycles. The van der Waals surface area contributed by atoms with E-state index in [2.05, 4.69) is 10.3 Å². The molecule has 1 N–H and O–H groups in total. The summed E-state index contributed by atoms with van der Waals surface area (Å²) in [5, 5.41) is 3.18. The van der Waals surface area contributed by atoms with Crippen LogP contribution in [-0.4, -0.2) is 33.5 Å². The molecule has 29 heavy (non-hydrogen) atoms. The molecule has 152 valence electrons. The van der Waals surface area contributed by atoms with Crippen LogP contribution in [0.3, 0.4) is 0 Å². The number of benzene rings is 2. The fraction of sp³-hybridized carbons (Fsp3) is 0.200. The Balaban J connectivity index is 1.96. The second kappa shape index (κ2) is 8.22. The topological polar surface area (TPSA) is 88.6 Å². The maximum absolute atomic E-state index is 13.2. The molecule has 0 saturated carbocycles. The Bertz CT molecular complexity index is 1160. The largest absolute Gasteiger partial charge is 0.495 e. The van der Waals surface area contributed by atoms with E-state index in [1.54, 1.807) is 43.5 Å². The molecule has 0 atom stereocenters. The lowest BCUT2D eigenvalue weighted by Crippen LogP contribution is -2.27. The number of aryl methyl sites for hydroxylation is 2. The van der Waals surface area contributed by atoms with E-state index in [0.717, 1.165) is 9.18 Å². The molecule has 0 bridgehead atoms. The van der Waals surface area contributed by atoms with Crippen molar-refractivity contribution in [1.29, 1.82) is 0 Å². The van der Waals surface area contributed by atoms with E-state index < -0.39 is 15.9 Å². The highest BCUT2D eigenvalue weighted by molar-refractivity contribution is 7.92. The van der Waals surface area contributed by atoms with E-state index in [1.807, 2.05) is 6.92 Å². The summed E-state index contributed by atoms with van der Waals surface area (Å²) < 4.78 is 32.8. The molecule has 9 heteroatoms. The van der Waals surface area contributed by atoms with Gasteiger partial charge in [-0.15, -0.1) is 11.3 Å². The summed E-state index contributed by atoms with van der Waals surface area (Å²) in [4.78, 5) is 17.8. The molecule has 0 aliphatic rings. The number of hydrogen-bond acceptors (Lipinski definition) is 6. The van der Waals surface area contributed by atoms with Gasteiger partial charge < -0.3 is 4.74 Å². The zero-order valence-corrected chi connectivity index (χ0v) is 18.1. The molecule has 0 aliphatic heterocycles. The molecule has 7 nitrogen and oxygen atoms in total. The number of anilines is 2.